The number of carbonyl (C=O) groups excluding carboxylic acids is 1. The summed E-state index contributed by atoms with van der Waals surface area (Å²) < 4.78 is 98.6. The van der Waals surface area contributed by atoms with Crippen LogP contribution in [-0.4, -0.2) is 45.2 Å². The van der Waals surface area contributed by atoms with E-state index in [1.165, 1.54) is 6.07 Å². The monoisotopic (exact) mass is 566 g/mol. The van der Waals surface area contributed by atoms with E-state index < -0.39 is 55.3 Å². The zero-order chi connectivity index (χ0) is 27.3. The summed E-state index contributed by atoms with van der Waals surface area (Å²) in [5.41, 5.74) is -1.43. The Morgan fingerprint density at radius 3 is 2.41 bits per heavy atom. The van der Waals surface area contributed by atoms with Crippen LogP contribution in [0, 0.1) is 17.0 Å². The summed E-state index contributed by atoms with van der Waals surface area (Å²) in [6, 6.07) is 3.67. The average Bonchev–Trinajstić information content (AvgIpc) is 3.57. The number of halogens is 6. The zero-order valence-electron chi connectivity index (χ0n) is 19.9. The van der Waals surface area contributed by atoms with Crippen LogP contribution in [0.4, 0.5) is 22.0 Å². The highest BCUT2D eigenvalue weighted by Gasteiger charge is 2.41. The third-order valence-electron chi connectivity index (χ3n) is 6.25. The van der Waals surface area contributed by atoms with Crippen LogP contribution < -0.4 is 9.46 Å². The van der Waals surface area contributed by atoms with Crippen molar-refractivity contribution in [3.8, 4) is 5.75 Å². The molecule has 6 nitrogen and oxygen atoms in total. The zero-order valence-corrected chi connectivity index (χ0v) is 21.5. The molecular formula is C24H24ClF5N2O4S. The van der Waals surface area contributed by atoms with E-state index in [0.29, 0.717) is 24.7 Å². The van der Waals surface area contributed by atoms with Gasteiger partial charge in [0.1, 0.15) is 17.4 Å². The van der Waals surface area contributed by atoms with Crippen LogP contribution in [0.25, 0.3) is 0 Å². The molecule has 0 bridgehead atoms. The van der Waals surface area contributed by atoms with Gasteiger partial charge in [-0.1, -0.05) is 18.5 Å². The van der Waals surface area contributed by atoms with Crippen LogP contribution in [0.1, 0.15) is 52.7 Å². The molecule has 1 N–H and O–H groups in total. The molecule has 1 heterocycles. The number of benzene rings is 2. The topological polar surface area (TPSA) is 75.7 Å². The van der Waals surface area contributed by atoms with E-state index in [4.69, 9.17) is 16.3 Å². The second-order valence-electron chi connectivity index (χ2n) is 10.0. The Bertz CT molecular complexity index is 1340. The highest BCUT2D eigenvalue weighted by Crippen LogP contribution is 2.46. The number of hydrogen-bond donors (Lipinski definition) is 1. The molecule has 1 aliphatic carbocycles. The molecule has 13 heteroatoms. The molecule has 37 heavy (non-hydrogen) atoms. The third-order valence-corrected chi connectivity index (χ3v) is 7.08. The number of nitrogens with one attached hydrogen (secondary N) is 1. The predicted octanol–water partition coefficient (Wildman–Crippen LogP) is 5.10. The molecule has 0 aromatic heterocycles. The van der Waals surface area contributed by atoms with Crippen LogP contribution >= 0.6 is 11.6 Å². The van der Waals surface area contributed by atoms with Gasteiger partial charge in [-0.05, 0) is 42.5 Å². The minimum absolute atomic E-state index is 0.0553. The predicted molar refractivity (Wildman–Crippen MR) is 126 cm³/mol. The number of likely N-dealkylation sites (tertiary alicyclic amines) is 1. The van der Waals surface area contributed by atoms with Crippen molar-refractivity contribution in [3.05, 3.63) is 63.2 Å². The lowest BCUT2D eigenvalue weighted by Gasteiger charge is -2.48. The van der Waals surface area contributed by atoms with Gasteiger partial charge < -0.3 is 4.74 Å². The maximum Gasteiger partial charge on any atom is 0.416 e. The number of nitrogens with zero attached hydrogens (tertiary/aromatic N) is 1. The maximum atomic E-state index is 14.7. The van der Waals surface area contributed by atoms with Gasteiger partial charge in [0.25, 0.3) is 5.91 Å². The number of hydrogen-bond acceptors (Lipinski definition) is 5. The Morgan fingerprint density at radius 2 is 1.84 bits per heavy atom. The van der Waals surface area contributed by atoms with E-state index >= 15 is 0 Å². The third kappa shape index (κ3) is 6.53. The summed E-state index contributed by atoms with van der Waals surface area (Å²) in [5.74, 6) is -2.61. The Hall–Kier alpha value is -2.44. The van der Waals surface area contributed by atoms with Crippen LogP contribution in [0.15, 0.2) is 24.3 Å². The Morgan fingerprint density at radius 1 is 1.19 bits per heavy atom. The van der Waals surface area contributed by atoms with Gasteiger partial charge in [0, 0.05) is 36.7 Å². The molecule has 1 amide bonds. The highest BCUT2D eigenvalue weighted by molar-refractivity contribution is 7.89. The summed E-state index contributed by atoms with van der Waals surface area (Å²) in [5, 5.41) is -0.597. The smallest absolute Gasteiger partial charge is 0.416 e. The molecule has 2 aromatic rings. The van der Waals surface area contributed by atoms with Crippen molar-refractivity contribution in [1.82, 2.24) is 9.62 Å². The molecule has 2 aromatic carbocycles. The largest absolute Gasteiger partial charge is 0.493 e. The normalized spacial score (nSPS) is 17.8. The van der Waals surface area contributed by atoms with Crippen molar-refractivity contribution in [2.75, 3.05) is 26.0 Å². The van der Waals surface area contributed by atoms with Crippen LogP contribution in [0.5, 0.6) is 5.75 Å². The van der Waals surface area contributed by atoms with Gasteiger partial charge >= 0.3 is 6.18 Å². The Balaban J connectivity index is 1.42. The molecule has 0 unspecified atom stereocenters. The fraction of sp³-hybridized carbons (Fsp3) is 0.458. The summed E-state index contributed by atoms with van der Waals surface area (Å²) in [4.78, 5) is 13.9. The molecule has 4 rings (SSSR count). The number of amides is 1. The summed E-state index contributed by atoms with van der Waals surface area (Å²) in [6.07, 6.45) is -2.24. The molecule has 0 atom stereocenters. The lowest BCUT2D eigenvalue weighted by Crippen LogP contribution is -2.56. The summed E-state index contributed by atoms with van der Waals surface area (Å²) >= 11 is 5.66. The van der Waals surface area contributed by atoms with Crippen molar-refractivity contribution >= 4 is 27.5 Å². The minimum atomic E-state index is -4.65. The first-order valence-electron chi connectivity index (χ1n) is 11.3. The van der Waals surface area contributed by atoms with E-state index in [2.05, 4.69) is 0 Å². The van der Waals surface area contributed by atoms with Crippen LogP contribution in [0.2, 0.25) is 5.02 Å². The van der Waals surface area contributed by atoms with Crippen LogP contribution in [0.3, 0.4) is 0 Å². The Kier molecular flexibility index (Phi) is 7.23. The van der Waals surface area contributed by atoms with Crippen molar-refractivity contribution in [1.29, 1.82) is 0 Å². The number of ether oxygens (including phenoxy) is 1. The first-order valence-corrected chi connectivity index (χ1v) is 13.6. The van der Waals surface area contributed by atoms with Gasteiger partial charge in [0.15, 0.2) is 0 Å². The van der Waals surface area contributed by atoms with E-state index in [9.17, 15) is 35.2 Å². The van der Waals surface area contributed by atoms with Crippen molar-refractivity contribution in [2.45, 2.75) is 38.4 Å². The lowest BCUT2D eigenvalue weighted by atomic mass is 9.82. The minimum Gasteiger partial charge on any atom is -0.493 e. The fourth-order valence-electron chi connectivity index (χ4n) is 4.46. The quantitative estimate of drug-likeness (QED) is 0.450. The summed E-state index contributed by atoms with van der Waals surface area (Å²) in [6.45, 7) is 2.72. The number of alkyl halides is 3. The molecule has 1 aliphatic heterocycles. The first kappa shape index (κ1) is 27.6. The van der Waals surface area contributed by atoms with E-state index in [-0.39, 0.29) is 30.4 Å². The Labute approximate surface area is 215 Å². The molecule has 0 radical (unpaired) electrons. The van der Waals surface area contributed by atoms with Gasteiger partial charge in [-0.15, -0.1) is 0 Å². The second kappa shape index (κ2) is 9.70. The molecule has 0 spiro atoms. The van der Waals surface area contributed by atoms with Gasteiger partial charge in [-0.3, -0.25) is 9.69 Å². The molecule has 2 aliphatic rings. The fourth-order valence-corrected chi connectivity index (χ4v) is 5.15. The number of rotatable bonds is 8. The van der Waals surface area contributed by atoms with Gasteiger partial charge in [0.05, 0.1) is 29.0 Å². The number of carbonyl (C=O) groups is 1. The first-order chi connectivity index (χ1) is 17.0. The van der Waals surface area contributed by atoms with Crippen molar-refractivity contribution in [2.24, 2.45) is 5.41 Å². The van der Waals surface area contributed by atoms with E-state index in [1.807, 2.05) is 6.92 Å². The van der Waals surface area contributed by atoms with Gasteiger partial charge in [-0.2, -0.15) is 13.2 Å². The SMILES string of the molecule is CC1(COc2cc(F)c(C(=O)NS(C)(=O)=O)cc2C2CC2)CN(Cc2cc(C(F)(F)F)cc(Cl)c2F)C1. The average molecular weight is 567 g/mol. The molecule has 202 valence electrons. The molecular weight excluding hydrogens is 543 g/mol. The van der Waals surface area contributed by atoms with Crippen LogP contribution in [-0.2, 0) is 22.7 Å². The van der Waals surface area contributed by atoms with E-state index in [0.717, 1.165) is 31.2 Å². The van der Waals surface area contributed by atoms with Crippen molar-refractivity contribution < 1.29 is 39.9 Å². The second-order valence-corrected chi connectivity index (χ2v) is 12.2. The highest BCUT2D eigenvalue weighted by atomic mass is 35.5. The molecule has 1 saturated carbocycles. The standard InChI is InChI=1S/C24H24ClF5N2O4S/c1-23(10-32(11-23)9-14-5-15(24(28,29)30)6-18(25)21(14)27)12-36-20-8-19(26)17(7-16(20)13-3-4-13)22(33)31-37(2,34)35/h5-8,13H,3-4,9-12H2,1-2H3,(H,31,33). The number of sulfonamides is 1. The van der Waals surface area contributed by atoms with Gasteiger partial charge in [-0.25, -0.2) is 21.9 Å². The molecule has 2 fully saturated rings. The lowest BCUT2D eigenvalue weighted by molar-refractivity contribution is -0.137. The molecule has 1 saturated heterocycles. The maximum absolute atomic E-state index is 14.7. The van der Waals surface area contributed by atoms with Gasteiger partial charge in [0.2, 0.25) is 10.0 Å². The summed E-state index contributed by atoms with van der Waals surface area (Å²) in [7, 11) is -3.87. The van der Waals surface area contributed by atoms with E-state index in [1.54, 1.807) is 9.62 Å². The van der Waals surface area contributed by atoms with Crippen molar-refractivity contribution in [3.63, 3.8) is 0 Å².